The van der Waals surface area contributed by atoms with Gasteiger partial charge in [0.15, 0.2) is 0 Å². The Morgan fingerprint density at radius 2 is 1.68 bits per heavy atom. The van der Waals surface area contributed by atoms with E-state index < -0.39 is 0 Å². The van der Waals surface area contributed by atoms with Crippen molar-refractivity contribution < 1.29 is 4.79 Å². The SMILES string of the molecule is Cc1ccc(Cc2c(C)nn(-c3nc(C)c(C(=O)Nc4ccc(Cl)cc4)s3)c2C)cc1. The maximum absolute atomic E-state index is 12.8. The van der Waals surface area contributed by atoms with Gasteiger partial charge in [-0.05, 0) is 57.5 Å². The zero-order chi connectivity index (χ0) is 22.1. The van der Waals surface area contributed by atoms with E-state index in [1.165, 1.54) is 28.0 Å². The monoisotopic (exact) mass is 450 g/mol. The number of aryl methyl sites for hydroxylation is 3. The van der Waals surface area contributed by atoms with Crippen LogP contribution in [-0.4, -0.2) is 20.7 Å². The maximum atomic E-state index is 12.8. The van der Waals surface area contributed by atoms with Gasteiger partial charge in [-0.25, -0.2) is 9.67 Å². The predicted molar refractivity (Wildman–Crippen MR) is 127 cm³/mol. The first-order chi connectivity index (χ1) is 14.8. The van der Waals surface area contributed by atoms with Crippen LogP contribution in [0.25, 0.3) is 5.13 Å². The summed E-state index contributed by atoms with van der Waals surface area (Å²) in [6.45, 7) is 7.99. The Morgan fingerprint density at radius 3 is 2.35 bits per heavy atom. The van der Waals surface area contributed by atoms with Crippen LogP contribution in [0.4, 0.5) is 5.69 Å². The molecule has 4 aromatic rings. The van der Waals surface area contributed by atoms with Crippen molar-refractivity contribution in [1.82, 2.24) is 14.8 Å². The summed E-state index contributed by atoms with van der Waals surface area (Å²) in [5.74, 6) is -0.190. The number of carbonyl (C=O) groups excluding carboxylic acids is 1. The molecule has 31 heavy (non-hydrogen) atoms. The number of anilines is 1. The second-order valence-corrected chi connectivity index (χ2v) is 9.01. The molecule has 158 valence electrons. The summed E-state index contributed by atoms with van der Waals surface area (Å²) in [5.41, 5.74) is 7.05. The lowest BCUT2D eigenvalue weighted by Crippen LogP contribution is -2.11. The molecule has 0 fully saturated rings. The third kappa shape index (κ3) is 4.55. The molecule has 5 nitrogen and oxygen atoms in total. The largest absolute Gasteiger partial charge is 0.321 e. The number of aromatic nitrogens is 3. The van der Waals surface area contributed by atoms with Gasteiger partial charge in [0.2, 0.25) is 5.13 Å². The highest BCUT2D eigenvalue weighted by Crippen LogP contribution is 2.27. The molecule has 2 heterocycles. The molecular formula is C24H23ClN4OS. The van der Waals surface area contributed by atoms with E-state index in [-0.39, 0.29) is 5.91 Å². The molecule has 1 amide bonds. The second-order valence-electron chi connectivity index (χ2n) is 7.60. The average Bonchev–Trinajstić information content (AvgIpc) is 3.26. The summed E-state index contributed by atoms with van der Waals surface area (Å²) in [4.78, 5) is 18.0. The number of hydrogen-bond acceptors (Lipinski definition) is 4. The Morgan fingerprint density at radius 1 is 1.00 bits per heavy atom. The van der Waals surface area contributed by atoms with Crippen molar-refractivity contribution in [3.63, 3.8) is 0 Å². The lowest BCUT2D eigenvalue weighted by Gasteiger charge is -2.04. The van der Waals surface area contributed by atoms with Crippen molar-refractivity contribution in [2.75, 3.05) is 5.32 Å². The van der Waals surface area contributed by atoms with Crippen molar-refractivity contribution in [1.29, 1.82) is 0 Å². The summed E-state index contributed by atoms with van der Waals surface area (Å²) >= 11 is 7.26. The normalized spacial score (nSPS) is 11.0. The summed E-state index contributed by atoms with van der Waals surface area (Å²) < 4.78 is 1.84. The van der Waals surface area contributed by atoms with Crippen LogP contribution in [0.1, 0.15) is 43.4 Å². The Hall–Kier alpha value is -2.96. The van der Waals surface area contributed by atoms with Crippen molar-refractivity contribution in [3.05, 3.63) is 92.2 Å². The van der Waals surface area contributed by atoms with Gasteiger partial charge >= 0.3 is 0 Å². The molecule has 7 heteroatoms. The summed E-state index contributed by atoms with van der Waals surface area (Å²) in [5, 5.41) is 8.94. The standard InChI is InChI=1S/C24H23ClN4OS/c1-14-5-7-18(8-6-14)13-21-15(2)28-29(17(21)4)24-26-16(3)22(31-24)23(30)27-20-11-9-19(25)10-12-20/h5-12H,13H2,1-4H3,(H,27,30). The van der Waals surface area contributed by atoms with Gasteiger partial charge in [0.1, 0.15) is 4.88 Å². The van der Waals surface area contributed by atoms with E-state index in [0.29, 0.717) is 26.4 Å². The van der Waals surface area contributed by atoms with Gasteiger partial charge in [-0.3, -0.25) is 4.79 Å². The quantitative estimate of drug-likeness (QED) is 0.402. The minimum Gasteiger partial charge on any atom is -0.321 e. The molecule has 0 aliphatic rings. The lowest BCUT2D eigenvalue weighted by atomic mass is 10.0. The van der Waals surface area contributed by atoms with Crippen LogP contribution < -0.4 is 5.32 Å². The first-order valence-corrected chi connectivity index (χ1v) is 11.2. The minimum atomic E-state index is -0.190. The maximum Gasteiger partial charge on any atom is 0.267 e. The number of thiazole rings is 1. The second kappa shape index (κ2) is 8.65. The van der Waals surface area contributed by atoms with E-state index in [2.05, 4.69) is 41.5 Å². The first kappa shape index (κ1) is 21.3. The highest BCUT2D eigenvalue weighted by molar-refractivity contribution is 7.16. The zero-order valence-electron chi connectivity index (χ0n) is 17.9. The zero-order valence-corrected chi connectivity index (χ0v) is 19.4. The van der Waals surface area contributed by atoms with Crippen molar-refractivity contribution in [2.45, 2.75) is 34.1 Å². The van der Waals surface area contributed by atoms with Crippen LogP contribution >= 0.6 is 22.9 Å². The fourth-order valence-electron chi connectivity index (χ4n) is 3.43. The van der Waals surface area contributed by atoms with Crippen LogP contribution in [-0.2, 0) is 6.42 Å². The fourth-order valence-corrected chi connectivity index (χ4v) is 4.52. The highest BCUT2D eigenvalue weighted by atomic mass is 35.5. The van der Waals surface area contributed by atoms with Gasteiger partial charge in [0, 0.05) is 28.4 Å². The molecule has 0 spiro atoms. The highest BCUT2D eigenvalue weighted by Gasteiger charge is 2.20. The molecule has 0 bridgehead atoms. The number of halogens is 1. The molecular weight excluding hydrogens is 428 g/mol. The number of hydrogen-bond donors (Lipinski definition) is 1. The summed E-state index contributed by atoms with van der Waals surface area (Å²) in [7, 11) is 0. The molecule has 4 rings (SSSR count). The lowest BCUT2D eigenvalue weighted by molar-refractivity contribution is 0.103. The summed E-state index contributed by atoms with van der Waals surface area (Å²) in [6.07, 6.45) is 0.812. The van der Waals surface area contributed by atoms with Crippen LogP contribution in [0.2, 0.25) is 5.02 Å². The van der Waals surface area contributed by atoms with Crippen molar-refractivity contribution >= 4 is 34.5 Å². The number of benzene rings is 2. The topological polar surface area (TPSA) is 59.8 Å². The Kier molecular flexibility index (Phi) is 5.94. The van der Waals surface area contributed by atoms with E-state index in [9.17, 15) is 4.79 Å². The molecule has 0 atom stereocenters. The first-order valence-electron chi connectivity index (χ1n) is 9.97. The molecule has 0 unspecified atom stereocenters. The molecule has 0 saturated heterocycles. The molecule has 1 N–H and O–H groups in total. The fraction of sp³-hybridized carbons (Fsp3) is 0.208. The molecule has 0 radical (unpaired) electrons. The Labute approximate surface area is 190 Å². The third-order valence-corrected chi connectivity index (χ3v) is 6.60. The Bertz CT molecular complexity index is 1240. The van der Waals surface area contributed by atoms with Gasteiger partial charge in [-0.15, -0.1) is 0 Å². The third-order valence-electron chi connectivity index (χ3n) is 5.22. The van der Waals surface area contributed by atoms with Gasteiger partial charge in [-0.1, -0.05) is 52.8 Å². The van der Waals surface area contributed by atoms with Crippen LogP contribution in [0, 0.1) is 27.7 Å². The van der Waals surface area contributed by atoms with E-state index in [4.69, 9.17) is 16.7 Å². The van der Waals surface area contributed by atoms with Gasteiger partial charge in [0.05, 0.1) is 11.4 Å². The smallest absolute Gasteiger partial charge is 0.267 e. The van der Waals surface area contributed by atoms with Crippen LogP contribution in [0.5, 0.6) is 0 Å². The average molecular weight is 451 g/mol. The van der Waals surface area contributed by atoms with E-state index in [1.807, 2.05) is 25.5 Å². The van der Waals surface area contributed by atoms with Crippen LogP contribution in [0.15, 0.2) is 48.5 Å². The van der Waals surface area contributed by atoms with E-state index in [1.54, 1.807) is 24.3 Å². The van der Waals surface area contributed by atoms with Crippen molar-refractivity contribution in [2.24, 2.45) is 0 Å². The van der Waals surface area contributed by atoms with Gasteiger partial charge in [-0.2, -0.15) is 5.10 Å². The molecule has 0 saturated carbocycles. The van der Waals surface area contributed by atoms with Gasteiger partial charge in [0.25, 0.3) is 5.91 Å². The molecule has 2 aromatic carbocycles. The van der Waals surface area contributed by atoms with Crippen molar-refractivity contribution in [3.8, 4) is 5.13 Å². The summed E-state index contributed by atoms with van der Waals surface area (Å²) in [6, 6.07) is 15.6. The van der Waals surface area contributed by atoms with E-state index in [0.717, 1.165) is 17.8 Å². The number of nitrogens with zero attached hydrogens (tertiary/aromatic N) is 3. The Balaban J connectivity index is 1.59. The van der Waals surface area contributed by atoms with Gasteiger partial charge < -0.3 is 5.32 Å². The predicted octanol–water partition coefficient (Wildman–Crippen LogP) is 6.06. The number of rotatable bonds is 5. The number of nitrogens with one attached hydrogen (secondary N) is 1. The number of carbonyl (C=O) groups is 1. The molecule has 0 aliphatic heterocycles. The van der Waals surface area contributed by atoms with Crippen LogP contribution in [0.3, 0.4) is 0 Å². The van der Waals surface area contributed by atoms with E-state index >= 15 is 0 Å². The molecule has 0 aliphatic carbocycles. The molecule has 2 aromatic heterocycles. The number of amides is 1. The minimum absolute atomic E-state index is 0.190.